The number of nitrogens with one attached hydrogen (secondary N) is 1. The molecule has 1 aliphatic heterocycles. The Morgan fingerprint density at radius 2 is 2.00 bits per heavy atom. The van der Waals surface area contributed by atoms with Gasteiger partial charge in [0.1, 0.15) is 0 Å². The maximum Gasteiger partial charge on any atom is 0.160 e. The van der Waals surface area contributed by atoms with Crippen molar-refractivity contribution in [2.45, 2.75) is 12.3 Å². The van der Waals surface area contributed by atoms with E-state index in [1.165, 1.54) is 16.7 Å². The highest BCUT2D eigenvalue weighted by Crippen LogP contribution is 2.36. The molecule has 1 heterocycles. The molecule has 3 nitrogen and oxygen atoms in total. The van der Waals surface area contributed by atoms with Crippen LogP contribution in [0.5, 0.6) is 11.5 Å². The van der Waals surface area contributed by atoms with Gasteiger partial charge < -0.3 is 15.2 Å². The summed E-state index contributed by atoms with van der Waals surface area (Å²) in [7, 11) is 1.59. The largest absolute Gasteiger partial charge is 0.504 e. The van der Waals surface area contributed by atoms with E-state index in [0.29, 0.717) is 5.75 Å². The van der Waals surface area contributed by atoms with Crippen molar-refractivity contribution in [3.8, 4) is 11.5 Å². The van der Waals surface area contributed by atoms with Gasteiger partial charge in [0.15, 0.2) is 11.5 Å². The molecule has 0 radical (unpaired) electrons. The van der Waals surface area contributed by atoms with Gasteiger partial charge in [0.25, 0.3) is 0 Å². The molecule has 1 atom stereocenters. The molecular formula is C17H19NO2. The lowest BCUT2D eigenvalue weighted by Crippen LogP contribution is -2.20. The molecule has 0 amide bonds. The van der Waals surface area contributed by atoms with E-state index in [-0.39, 0.29) is 11.7 Å². The summed E-state index contributed by atoms with van der Waals surface area (Å²) in [5.41, 5.74) is 3.71. The molecule has 0 spiro atoms. The molecule has 0 saturated heterocycles. The van der Waals surface area contributed by atoms with Crippen molar-refractivity contribution >= 4 is 0 Å². The molecule has 0 fully saturated rings. The van der Waals surface area contributed by atoms with Crippen molar-refractivity contribution in [1.29, 1.82) is 0 Å². The summed E-state index contributed by atoms with van der Waals surface area (Å²) in [5.74, 6) is 1.04. The Morgan fingerprint density at radius 3 is 2.75 bits per heavy atom. The first-order valence-corrected chi connectivity index (χ1v) is 6.95. The summed E-state index contributed by atoms with van der Waals surface area (Å²) in [4.78, 5) is 0. The van der Waals surface area contributed by atoms with Crippen LogP contribution >= 0.6 is 0 Å². The zero-order chi connectivity index (χ0) is 13.9. The van der Waals surface area contributed by atoms with Gasteiger partial charge in [0.05, 0.1) is 7.11 Å². The Labute approximate surface area is 119 Å². The minimum atomic E-state index is 0.217. The highest BCUT2D eigenvalue weighted by molar-refractivity contribution is 5.50. The third kappa shape index (κ3) is 2.37. The maximum absolute atomic E-state index is 10.1. The fraction of sp³-hybridized carbons (Fsp3) is 0.294. The molecule has 0 aromatic heterocycles. The van der Waals surface area contributed by atoms with Crippen molar-refractivity contribution in [3.05, 3.63) is 59.2 Å². The van der Waals surface area contributed by atoms with Crippen LogP contribution in [-0.2, 0) is 6.42 Å². The van der Waals surface area contributed by atoms with Gasteiger partial charge in [-0.15, -0.1) is 0 Å². The molecule has 2 aromatic carbocycles. The smallest absolute Gasteiger partial charge is 0.160 e. The molecule has 1 aliphatic rings. The number of hydrogen-bond acceptors (Lipinski definition) is 3. The van der Waals surface area contributed by atoms with E-state index in [0.717, 1.165) is 19.5 Å². The second-order valence-electron chi connectivity index (χ2n) is 5.14. The molecule has 0 aliphatic carbocycles. The number of ether oxygens (including phenoxy) is 1. The standard InChI is InChI=1S/C17H19NO2/c1-20-17-9-13-7-8-18-11-15(14(13)10-16(17)19)12-5-3-2-4-6-12/h2-6,9-10,15,18-19H,7-8,11H2,1H3/t15-/m0/s1. The summed E-state index contributed by atoms with van der Waals surface area (Å²) >= 11 is 0. The second-order valence-corrected chi connectivity index (χ2v) is 5.14. The molecule has 3 rings (SSSR count). The Bertz CT molecular complexity index is 595. The quantitative estimate of drug-likeness (QED) is 0.880. The van der Waals surface area contributed by atoms with E-state index in [1.54, 1.807) is 7.11 Å². The average molecular weight is 269 g/mol. The van der Waals surface area contributed by atoms with Crippen LogP contribution < -0.4 is 10.1 Å². The maximum atomic E-state index is 10.1. The number of fused-ring (bicyclic) bond motifs is 1. The zero-order valence-electron chi connectivity index (χ0n) is 11.6. The van der Waals surface area contributed by atoms with Crippen LogP contribution in [0, 0.1) is 0 Å². The topological polar surface area (TPSA) is 41.5 Å². The Kier molecular flexibility index (Phi) is 3.61. The lowest BCUT2D eigenvalue weighted by Gasteiger charge is -2.19. The predicted molar refractivity (Wildman–Crippen MR) is 79.5 cm³/mol. The normalized spacial score (nSPS) is 18.1. The van der Waals surface area contributed by atoms with Crippen LogP contribution in [0.3, 0.4) is 0 Å². The summed E-state index contributed by atoms with van der Waals surface area (Å²) in [6, 6.07) is 14.3. The number of methoxy groups -OCH3 is 1. The number of phenols is 1. The minimum Gasteiger partial charge on any atom is -0.504 e. The van der Waals surface area contributed by atoms with Gasteiger partial charge in [-0.25, -0.2) is 0 Å². The average Bonchev–Trinajstić information content (AvgIpc) is 2.69. The van der Waals surface area contributed by atoms with Crippen LogP contribution in [-0.4, -0.2) is 25.3 Å². The molecule has 20 heavy (non-hydrogen) atoms. The van der Waals surface area contributed by atoms with Gasteiger partial charge in [0, 0.05) is 12.5 Å². The SMILES string of the molecule is COc1cc2c(cc1O)[C@H](c1ccccc1)CNCC2. The lowest BCUT2D eigenvalue weighted by molar-refractivity contribution is 0.372. The third-order valence-electron chi connectivity index (χ3n) is 3.94. The number of benzene rings is 2. The first-order chi connectivity index (χ1) is 9.79. The predicted octanol–water partition coefficient (Wildman–Crippen LogP) is 2.68. The van der Waals surface area contributed by atoms with E-state index < -0.39 is 0 Å². The van der Waals surface area contributed by atoms with Gasteiger partial charge in [0.2, 0.25) is 0 Å². The van der Waals surface area contributed by atoms with Gasteiger partial charge in [-0.2, -0.15) is 0 Å². The van der Waals surface area contributed by atoms with Crippen molar-refractivity contribution in [3.63, 3.8) is 0 Å². The fourth-order valence-corrected chi connectivity index (χ4v) is 2.89. The van der Waals surface area contributed by atoms with Crippen molar-refractivity contribution in [1.82, 2.24) is 5.32 Å². The molecule has 3 heteroatoms. The van der Waals surface area contributed by atoms with Gasteiger partial charge in [-0.3, -0.25) is 0 Å². The van der Waals surface area contributed by atoms with Crippen LogP contribution in [0.15, 0.2) is 42.5 Å². The fourth-order valence-electron chi connectivity index (χ4n) is 2.89. The van der Waals surface area contributed by atoms with Gasteiger partial charge >= 0.3 is 0 Å². The van der Waals surface area contributed by atoms with E-state index in [4.69, 9.17) is 4.74 Å². The molecule has 2 N–H and O–H groups in total. The zero-order valence-corrected chi connectivity index (χ0v) is 11.6. The van der Waals surface area contributed by atoms with Crippen molar-refractivity contribution in [2.75, 3.05) is 20.2 Å². The molecule has 0 bridgehead atoms. The number of hydrogen-bond donors (Lipinski definition) is 2. The summed E-state index contributed by atoms with van der Waals surface area (Å²) in [6.45, 7) is 1.84. The van der Waals surface area contributed by atoms with E-state index in [2.05, 4.69) is 29.6 Å². The van der Waals surface area contributed by atoms with Crippen LogP contribution in [0.1, 0.15) is 22.6 Å². The summed E-state index contributed by atoms with van der Waals surface area (Å²) < 4.78 is 5.22. The number of aromatic hydroxyl groups is 1. The van der Waals surface area contributed by atoms with E-state index >= 15 is 0 Å². The van der Waals surface area contributed by atoms with E-state index in [9.17, 15) is 5.11 Å². The Morgan fingerprint density at radius 1 is 1.20 bits per heavy atom. The van der Waals surface area contributed by atoms with Crippen molar-refractivity contribution in [2.24, 2.45) is 0 Å². The highest BCUT2D eigenvalue weighted by Gasteiger charge is 2.22. The first-order valence-electron chi connectivity index (χ1n) is 6.95. The second kappa shape index (κ2) is 5.55. The van der Waals surface area contributed by atoms with Gasteiger partial charge in [-0.1, -0.05) is 30.3 Å². The van der Waals surface area contributed by atoms with E-state index in [1.807, 2.05) is 18.2 Å². The third-order valence-corrected chi connectivity index (χ3v) is 3.94. The molecule has 0 saturated carbocycles. The van der Waals surface area contributed by atoms with Crippen LogP contribution in [0.25, 0.3) is 0 Å². The number of rotatable bonds is 2. The molecule has 0 unspecified atom stereocenters. The molecular weight excluding hydrogens is 250 g/mol. The summed E-state index contributed by atoms with van der Waals surface area (Å²) in [5, 5.41) is 13.6. The monoisotopic (exact) mass is 269 g/mol. The molecule has 2 aromatic rings. The minimum absolute atomic E-state index is 0.217. The highest BCUT2D eigenvalue weighted by atomic mass is 16.5. The lowest BCUT2D eigenvalue weighted by atomic mass is 9.88. The molecule has 104 valence electrons. The van der Waals surface area contributed by atoms with Gasteiger partial charge in [-0.05, 0) is 41.8 Å². The number of phenolic OH excluding ortho intramolecular Hbond substituents is 1. The van der Waals surface area contributed by atoms with Crippen LogP contribution in [0.2, 0.25) is 0 Å². The van der Waals surface area contributed by atoms with Crippen LogP contribution in [0.4, 0.5) is 0 Å². The van der Waals surface area contributed by atoms with Crippen molar-refractivity contribution < 1.29 is 9.84 Å². The first kappa shape index (κ1) is 13.0. The Balaban J connectivity index is 2.09. The Hall–Kier alpha value is -2.00. The summed E-state index contributed by atoms with van der Waals surface area (Å²) in [6.07, 6.45) is 0.954.